The van der Waals surface area contributed by atoms with Gasteiger partial charge in [0.25, 0.3) is 5.91 Å². The number of rotatable bonds is 3. The first kappa shape index (κ1) is 12.5. The Bertz CT molecular complexity index is 392. The van der Waals surface area contributed by atoms with Crippen LogP contribution >= 0.6 is 15.9 Å². The molecule has 1 aromatic rings. The predicted octanol–water partition coefficient (Wildman–Crippen LogP) is 1.86. The van der Waals surface area contributed by atoms with Gasteiger partial charge < -0.3 is 5.32 Å². The van der Waals surface area contributed by atoms with Crippen LogP contribution in [0.4, 0.5) is 0 Å². The van der Waals surface area contributed by atoms with Crippen LogP contribution in [0.1, 0.15) is 23.2 Å². The van der Waals surface area contributed by atoms with E-state index in [0.717, 1.165) is 30.4 Å². The first-order valence-corrected chi connectivity index (χ1v) is 6.47. The third-order valence-corrected chi connectivity index (χ3v) is 3.15. The highest BCUT2D eigenvalue weighted by molar-refractivity contribution is 9.10. The Kier molecular flexibility index (Phi) is 4.53. The highest BCUT2D eigenvalue weighted by Crippen LogP contribution is 2.11. The van der Waals surface area contributed by atoms with E-state index in [-0.39, 0.29) is 12.0 Å². The normalized spacial score (nSPS) is 19.9. The SMILES string of the molecule is O=C(NOC1CCCNC1)c1cccc(Br)c1. The van der Waals surface area contributed by atoms with Crippen LogP contribution in [0, 0.1) is 0 Å². The van der Waals surface area contributed by atoms with Gasteiger partial charge in [0.05, 0.1) is 6.10 Å². The van der Waals surface area contributed by atoms with Crippen molar-refractivity contribution in [1.29, 1.82) is 0 Å². The molecule has 0 bridgehead atoms. The largest absolute Gasteiger partial charge is 0.314 e. The van der Waals surface area contributed by atoms with E-state index < -0.39 is 0 Å². The molecule has 2 N–H and O–H groups in total. The molecule has 1 amide bonds. The van der Waals surface area contributed by atoms with Crippen molar-refractivity contribution >= 4 is 21.8 Å². The molecule has 4 nitrogen and oxygen atoms in total. The maximum atomic E-state index is 11.8. The van der Waals surface area contributed by atoms with Gasteiger partial charge in [-0.2, -0.15) is 0 Å². The topological polar surface area (TPSA) is 50.4 Å². The van der Waals surface area contributed by atoms with E-state index in [4.69, 9.17) is 4.84 Å². The van der Waals surface area contributed by atoms with Crippen molar-refractivity contribution in [2.45, 2.75) is 18.9 Å². The minimum Gasteiger partial charge on any atom is -0.314 e. The van der Waals surface area contributed by atoms with E-state index >= 15 is 0 Å². The molecule has 5 heteroatoms. The molecule has 0 saturated carbocycles. The number of piperidine rings is 1. The molecule has 1 heterocycles. The lowest BCUT2D eigenvalue weighted by Crippen LogP contribution is -2.40. The van der Waals surface area contributed by atoms with Crippen LogP contribution in [0.2, 0.25) is 0 Å². The zero-order valence-electron chi connectivity index (χ0n) is 9.41. The number of amides is 1. The van der Waals surface area contributed by atoms with Crippen molar-refractivity contribution in [2.75, 3.05) is 13.1 Å². The zero-order valence-corrected chi connectivity index (χ0v) is 11.0. The van der Waals surface area contributed by atoms with Crippen molar-refractivity contribution in [3.8, 4) is 0 Å². The number of carbonyl (C=O) groups is 1. The fourth-order valence-electron chi connectivity index (χ4n) is 1.75. The second-order valence-corrected chi connectivity index (χ2v) is 4.94. The molecule has 2 rings (SSSR count). The zero-order chi connectivity index (χ0) is 12.1. The number of nitrogens with one attached hydrogen (secondary N) is 2. The summed E-state index contributed by atoms with van der Waals surface area (Å²) in [5.74, 6) is -0.211. The van der Waals surface area contributed by atoms with Gasteiger partial charge in [-0.1, -0.05) is 22.0 Å². The highest BCUT2D eigenvalue weighted by Gasteiger charge is 2.15. The molecule has 0 radical (unpaired) electrons. The van der Waals surface area contributed by atoms with Crippen LogP contribution in [0.25, 0.3) is 0 Å². The van der Waals surface area contributed by atoms with Gasteiger partial charge in [-0.05, 0) is 37.6 Å². The van der Waals surface area contributed by atoms with E-state index in [1.165, 1.54) is 0 Å². The minimum atomic E-state index is -0.211. The lowest BCUT2D eigenvalue weighted by atomic mass is 10.1. The van der Waals surface area contributed by atoms with Crippen LogP contribution < -0.4 is 10.8 Å². The van der Waals surface area contributed by atoms with Crippen molar-refractivity contribution in [3.63, 3.8) is 0 Å². The van der Waals surface area contributed by atoms with E-state index in [9.17, 15) is 4.79 Å². The minimum absolute atomic E-state index is 0.0693. The maximum Gasteiger partial charge on any atom is 0.274 e. The molecule has 0 spiro atoms. The molecule has 92 valence electrons. The first-order valence-electron chi connectivity index (χ1n) is 5.68. The van der Waals surface area contributed by atoms with Crippen molar-refractivity contribution in [1.82, 2.24) is 10.8 Å². The molecule has 1 atom stereocenters. The molecule has 1 unspecified atom stereocenters. The van der Waals surface area contributed by atoms with Gasteiger partial charge in [0.15, 0.2) is 0 Å². The predicted molar refractivity (Wildman–Crippen MR) is 68.6 cm³/mol. The Morgan fingerprint density at radius 1 is 1.53 bits per heavy atom. The fraction of sp³-hybridized carbons (Fsp3) is 0.417. The second-order valence-electron chi connectivity index (χ2n) is 4.03. The molecule has 0 aromatic heterocycles. The van der Waals surface area contributed by atoms with Gasteiger partial charge >= 0.3 is 0 Å². The van der Waals surface area contributed by atoms with Crippen LogP contribution in [-0.2, 0) is 4.84 Å². The van der Waals surface area contributed by atoms with Crippen molar-refractivity contribution in [2.24, 2.45) is 0 Å². The molecular formula is C12H15BrN2O2. The Hall–Kier alpha value is -0.910. The summed E-state index contributed by atoms with van der Waals surface area (Å²) in [5.41, 5.74) is 3.08. The monoisotopic (exact) mass is 298 g/mol. The van der Waals surface area contributed by atoms with Gasteiger partial charge in [-0.25, -0.2) is 5.48 Å². The van der Waals surface area contributed by atoms with Crippen LogP contribution in [0.3, 0.4) is 0 Å². The van der Waals surface area contributed by atoms with Gasteiger partial charge in [0, 0.05) is 16.6 Å². The van der Waals surface area contributed by atoms with Gasteiger partial charge in [0.2, 0.25) is 0 Å². The quantitative estimate of drug-likeness (QED) is 0.838. The van der Waals surface area contributed by atoms with E-state index in [1.807, 2.05) is 12.1 Å². The highest BCUT2D eigenvalue weighted by atomic mass is 79.9. The molecule has 1 aliphatic rings. The van der Waals surface area contributed by atoms with Crippen LogP contribution in [0.5, 0.6) is 0 Å². The third kappa shape index (κ3) is 3.80. The number of carbonyl (C=O) groups excluding carboxylic acids is 1. The molecule has 0 aliphatic carbocycles. The lowest BCUT2D eigenvalue weighted by Gasteiger charge is -2.22. The molecule has 1 aliphatic heterocycles. The Labute approximate surface area is 109 Å². The molecule has 17 heavy (non-hydrogen) atoms. The summed E-state index contributed by atoms with van der Waals surface area (Å²) in [6.45, 7) is 1.82. The summed E-state index contributed by atoms with van der Waals surface area (Å²) in [6, 6.07) is 7.21. The Balaban J connectivity index is 1.84. The van der Waals surface area contributed by atoms with Gasteiger partial charge in [0.1, 0.15) is 0 Å². The molecule has 1 saturated heterocycles. The van der Waals surface area contributed by atoms with Crippen LogP contribution in [0.15, 0.2) is 28.7 Å². The van der Waals surface area contributed by atoms with Crippen molar-refractivity contribution < 1.29 is 9.63 Å². The summed E-state index contributed by atoms with van der Waals surface area (Å²) in [6.07, 6.45) is 2.13. The summed E-state index contributed by atoms with van der Waals surface area (Å²) >= 11 is 3.33. The smallest absolute Gasteiger partial charge is 0.274 e. The van der Waals surface area contributed by atoms with E-state index in [1.54, 1.807) is 12.1 Å². The average Bonchev–Trinajstić information content (AvgIpc) is 2.37. The maximum absolute atomic E-state index is 11.8. The van der Waals surface area contributed by atoms with Gasteiger partial charge in [-0.3, -0.25) is 9.63 Å². The standard InChI is InChI=1S/C12H15BrN2O2/c13-10-4-1-3-9(7-10)12(16)15-17-11-5-2-6-14-8-11/h1,3-4,7,11,14H,2,5-6,8H2,(H,15,16). The number of hydrogen-bond donors (Lipinski definition) is 2. The lowest BCUT2D eigenvalue weighted by molar-refractivity contribution is -0.0251. The van der Waals surface area contributed by atoms with E-state index in [0.29, 0.717) is 5.56 Å². The fourth-order valence-corrected chi connectivity index (χ4v) is 2.15. The first-order chi connectivity index (χ1) is 8.25. The Morgan fingerprint density at radius 3 is 3.12 bits per heavy atom. The summed E-state index contributed by atoms with van der Waals surface area (Å²) < 4.78 is 0.879. The number of benzene rings is 1. The number of hydroxylamine groups is 1. The molecular weight excluding hydrogens is 284 g/mol. The summed E-state index contributed by atoms with van der Waals surface area (Å²) in [5, 5.41) is 3.22. The molecule has 1 fully saturated rings. The summed E-state index contributed by atoms with van der Waals surface area (Å²) in [4.78, 5) is 17.1. The molecule has 1 aromatic carbocycles. The van der Waals surface area contributed by atoms with Gasteiger partial charge in [-0.15, -0.1) is 0 Å². The summed E-state index contributed by atoms with van der Waals surface area (Å²) in [7, 11) is 0. The average molecular weight is 299 g/mol. The third-order valence-electron chi connectivity index (χ3n) is 2.66. The number of hydrogen-bond acceptors (Lipinski definition) is 3. The van der Waals surface area contributed by atoms with E-state index in [2.05, 4.69) is 26.7 Å². The van der Waals surface area contributed by atoms with Crippen LogP contribution in [-0.4, -0.2) is 25.1 Å². The second kappa shape index (κ2) is 6.14. The number of halogens is 1. The Morgan fingerprint density at radius 2 is 2.41 bits per heavy atom. The van der Waals surface area contributed by atoms with Crippen molar-refractivity contribution in [3.05, 3.63) is 34.3 Å².